The molecule has 1 heterocycles. The highest BCUT2D eigenvalue weighted by Crippen LogP contribution is 2.08. The molecule has 8 nitrogen and oxygen atoms in total. The van der Waals surface area contributed by atoms with E-state index in [1.165, 1.54) is 0 Å². The highest BCUT2D eigenvalue weighted by Gasteiger charge is 2.25. The fraction of sp³-hybridized carbons (Fsp3) is 0.818. The lowest BCUT2D eigenvalue weighted by molar-refractivity contribution is -0.125. The van der Waals surface area contributed by atoms with Crippen LogP contribution in [-0.4, -0.2) is 88.2 Å². The van der Waals surface area contributed by atoms with Crippen molar-refractivity contribution in [3.63, 3.8) is 0 Å². The molecule has 1 fully saturated rings. The van der Waals surface area contributed by atoms with E-state index in [0.717, 1.165) is 4.90 Å². The summed E-state index contributed by atoms with van der Waals surface area (Å²) in [6.45, 7) is 2.12. The van der Waals surface area contributed by atoms with Gasteiger partial charge in [-0.3, -0.25) is 9.69 Å². The molecule has 1 saturated heterocycles. The van der Waals surface area contributed by atoms with Gasteiger partial charge in [0.2, 0.25) is 5.91 Å². The molecule has 4 N–H and O–H groups in total. The van der Waals surface area contributed by atoms with Crippen molar-refractivity contribution in [2.75, 3.05) is 46.0 Å². The summed E-state index contributed by atoms with van der Waals surface area (Å²) in [5.74, 6) is -0.275. The maximum absolute atomic E-state index is 10.6. The van der Waals surface area contributed by atoms with Gasteiger partial charge in [0, 0.05) is 32.6 Å². The van der Waals surface area contributed by atoms with Gasteiger partial charge in [0.15, 0.2) is 0 Å². The first-order valence-electron chi connectivity index (χ1n) is 6.15. The minimum Gasteiger partial charge on any atom is -0.465 e. The number of likely N-dealkylation sites (tertiary alicyclic amines) is 1. The first-order valence-corrected chi connectivity index (χ1v) is 6.15. The zero-order valence-electron chi connectivity index (χ0n) is 10.9. The van der Waals surface area contributed by atoms with Crippen molar-refractivity contribution in [3.8, 4) is 0 Å². The maximum atomic E-state index is 10.6. The molecule has 8 heteroatoms. The molecule has 0 saturated carbocycles. The predicted octanol–water partition coefficient (Wildman–Crippen LogP) is -1.45. The predicted molar refractivity (Wildman–Crippen MR) is 66.7 cm³/mol. The Labute approximate surface area is 111 Å². The van der Waals surface area contributed by atoms with Crippen LogP contribution >= 0.6 is 0 Å². The fourth-order valence-electron chi connectivity index (χ4n) is 1.61. The third-order valence-electron chi connectivity index (χ3n) is 2.55. The van der Waals surface area contributed by atoms with Crippen molar-refractivity contribution in [2.45, 2.75) is 12.8 Å². The van der Waals surface area contributed by atoms with Gasteiger partial charge in [-0.1, -0.05) is 0 Å². The van der Waals surface area contributed by atoms with E-state index in [1.807, 2.05) is 0 Å². The van der Waals surface area contributed by atoms with E-state index in [2.05, 4.69) is 0 Å². The summed E-state index contributed by atoms with van der Waals surface area (Å²) >= 11 is 0. The Kier molecular flexibility index (Phi) is 9.99. The maximum Gasteiger partial charge on any atom is 0.414 e. The van der Waals surface area contributed by atoms with Crippen LogP contribution in [0, 0.1) is 0 Å². The van der Waals surface area contributed by atoms with E-state index < -0.39 is 6.09 Å². The summed E-state index contributed by atoms with van der Waals surface area (Å²) in [7, 11) is 0. The second-order valence-corrected chi connectivity index (χ2v) is 3.94. The molecular weight excluding hydrogens is 256 g/mol. The molecular formula is C11H22N2O6. The number of imide groups is 1. The Morgan fingerprint density at radius 2 is 1.58 bits per heavy atom. The number of amides is 2. The molecule has 19 heavy (non-hydrogen) atoms. The smallest absolute Gasteiger partial charge is 0.414 e. The Balaban J connectivity index is 0.000000342. The van der Waals surface area contributed by atoms with E-state index in [-0.39, 0.29) is 25.7 Å². The monoisotopic (exact) mass is 278 g/mol. The van der Waals surface area contributed by atoms with Crippen LogP contribution in [0.5, 0.6) is 0 Å². The van der Waals surface area contributed by atoms with Crippen LogP contribution in [-0.2, 0) is 4.79 Å². The van der Waals surface area contributed by atoms with E-state index in [4.69, 9.17) is 20.4 Å². The van der Waals surface area contributed by atoms with Gasteiger partial charge >= 0.3 is 6.09 Å². The first kappa shape index (κ1) is 17.8. The standard InChI is InChI=1S/C6H15NO3.C5H7NO3/c8-4-1-7(2-5-9)3-6-10;7-4-2-1-3-6(4)5(8)9/h8-10H,1-6H2;1-3H2,(H,8,9). The second kappa shape index (κ2) is 10.7. The molecule has 112 valence electrons. The zero-order valence-corrected chi connectivity index (χ0v) is 10.9. The van der Waals surface area contributed by atoms with Crippen molar-refractivity contribution in [3.05, 3.63) is 0 Å². The largest absolute Gasteiger partial charge is 0.465 e. The van der Waals surface area contributed by atoms with Crippen molar-refractivity contribution >= 4 is 12.0 Å². The number of aliphatic hydroxyl groups is 3. The summed E-state index contributed by atoms with van der Waals surface area (Å²) in [5, 5.41) is 33.7. The average Bonchev–Trinajstić information content (AvgIpc) is 2.77. The van der Waals surface area contributed by atoms with Gasteiger partial charge in [0.05, 0.1) is 19.8 Å². The van der Waals surface area contributed by atoms with Crippen LogP contribution in [0.1, 0.15) is 12.8 Å². The van der Waals surface area contributed by atoms with Gasteiger partial charge in [-0.2, -0.15) is 0 Å². The van der Waals surface area contributed by atoms with Crippen LogP contribution < -0.4 is 0 Å². The van der Waals surface area contributed by atoms with Gasteiger partial charge in [0.1, 0.15) is 0 Å². The molecule has 0 aromatic carbocycles. The van der Waals surface area contributed by atoms with Crippen molar-refractivity contribution in [1.29, 1.82) is 0 Å². The summed E-state index contributed by atoms with van der Waals surface area (Å²) in [4.78, 5) is 23.3. The SMILES string of the molecule is O=C(O)N1CCCC1=O.OCCN(CCO)CCO. The first-order chi connectivity index (χ1) is 9.06. The number of hydrogen-bond donors (Lipinski definition) is 4. The summed E-state index contributed by atoms with van der Waals surface area (Å²) in [5.41, 5.74) is 0. The Bertz CT molecular complexity index is 260. The van der Waals surface area contributed by atoms with Gasteiger partial charge < -0.3 is 20.4 Å². The number of carboxylic acid groups (broad SMARTS) is 1. The topological polar surface area (TPSA) is 122 Å². The zero-order chi connectivity index (χ0) is 14.7. The molecule has 0 bridgehead atoms. The van der Waals surface area contributed by atoms with E-state index in [9.17, 15) is 9.59 Å². The number of hydrogen-bond acceptors (Lipinski definition) is 6. The molecule has 1 rings (SSSR count). The molecule has 1 aliphatic heterocycles. The highest BCUT2D eigenvalue weighted by molar-refractivity contribution is 5.92. The van der Waals surface area contributed by atoms with Crippen molar-refractivity contribution < 1.29 is 30.0 Å². The van der Waals surface area contributed by atoms with Crippen molar-refractivity contribution in [2.24, 2.45) is 0 Å². The number of rotatable bonds is 6. The molecule has 0 spiro atoms. The lowest BCUT2D eigenvalue weighted by atomic mass is 10.4. The van der Waals surface area contributed by atoms with Crippen molar-refractivity contribution in [1.82, 2.24) is 9.80 Å². The fourth-order valence-corrected chi connectivity index (χ4v) is 1.61. The van der Waals surface area contributed by atoms with Gasteiger partial charge in [-0.25, -0.2) is 9.69 Å². The Morgan fingerprint density at radius 3 is 1.79 bits per heavy atom. The quantitative estimate of drug-likeness (QED) is 0.469. The molecule has 0 aromatic rings. The molecule has 0 aliphatic carbocycles. The second-order valence-electron chi connectivity index (χ2n) is 3.94. The third-order valence-corrected chi connectivity index (χ3v) is 2.55. The lowest BCUT2D eigenvalue weighted by Gasteiger charge is -2.17. The highest BCUT2D eigenvalue weighted by atomic mass is 16.4. The summed E-state index contributed by atoms with van der Waals surface area (Å²) < 4.78 is 0. The summed E-state index contributed by atoms with van der Waals surface area (Å²) in [6.07, 6.45) is -0.0743. The van der Waals surface area contributed by atoms with Crippen LogP contribution in [0.4, 0.5) is 4.79 Å². The normalized spacial score (nSPS) is 14.5. The Morgan fingerprint density at radius 1 is 1.11 bits per heavy atom. The number of carbonyl (C=O) groups excluding carboxylic acids is 1. The summed E-state index contributed by atoms with van der Waals surface area (Å²) in [6, 6.07) is 0. The molecule has 0 unspecified atom stereocenters. The molecule has 1 aliphatic rings. The minimum atomic E-state index is -1.13. The van der Waals surface area contributed by atoms with Crippen LogP contribution in [0.25, 0.3) is 0 Å². The van der Waals surface area contributed by atoms with Gasteiger partial charge in [-0.05, 0) is 6.42 Å². The average molecular weight is 278 g/mol. The van der Waals surface area contributed by atoms with E-state index in [0.29, 0.717) is 39.0 Å². The number of nitrogens with zero attached hydrogens (tertiary/aromatic N) is 2. The number of aliphatic hydroxyl groups excluding tert-OH is 3. The van der Waals surface area contributed by atoms with Gasteiger partial charge in [0.25, 0.3) is 0 Å². The minimum absolute atomic E-state index is 0.0694. The van der Waals surface area contributed by atoms with Crippen LogP contribution in [0.2, 0.25) is 0 Å². The number of carbonyl (C=O) groups is 2. The lowest BCUT2D eigenvalue weighted by Crippen LogP contribution is -2.32. The molecule has 0 atom stereocenters. The van der Waals surface area contributed by atoms with E-state index in [1.54, 1.807) is 4.90 Å². The molecule has 0 radical (unpaired) electrons. The Hall–Kier alpha value is -1.22. The third kappa shape index (κ3) is 7.73. The van der Waals surface area contributed by atoms with E-state index >= 15 is 0 Å². The van der Waals surface area contributed by atoms with Crippen LogP contribution in [0.3, 0.4) is 0 Å². The van der Waals surface area contributed by atoms with Gasteiger partial charge in [-0.15, -0.1) is 0 Å². The molecule has 0 aromatic heterocycles. The molecule has 2 amide bonds. The van der Waals surface area contributed by atoms with Crippen LogP contribution in [0.15, 0.2) is 0 Å².